The third kappa shape index (κ3) is 13.0. The van der Waals surface area contributed by atoms with Gasteiger partial charge in [-0.05, 0) is 26.1 Å². The van der Waals surface area contributed by atoms with Gasteiger partial charge >= 0.3 is 0 Å². The second kappa shape index (κ2) is 16.5. The molecule has 0 aliphatic carbocycles. The molecular formula is C10H27N. The highest BCUT2D eigenvalue weighted by molar-refractivity contribution is 4.47. The Bertz CT molecular complexity index is 40.1. The van der Waals surface area contributed by atoms with Crippen molar-refractivity contribution in [2.24, 2.45) is 0 Å². The van der Waals surface area contributed by atoms with Crippen LogP contribution in [0.15, 0.2) is 0 Å². The molecule has 0 bridgehead atoms. The lowest BCUT2D eigenvalue weighted by atomic mass is 10.4. The zero-order valence-corrected chi connectivity index (χ0v) is 8.28. The number of nitrogens with zero attached hydrogens (tertiary/aromatic N) is 1. The van der Waals surface area contributed by atoms with Crippen LogP contribution in [0.4, 0.5) is 0 Å². The lowest BCUT2D eigenvalue weighted by Crippen LogP contribution is -2.23. The van der Waals surface area contributed by atoms with Crippen LogP contribution < -0.4 is 0 Å². The van der Waals surface area contributed by atoms with E-state index in [1.807, 2.05) is 13.8 Å². The first-order chi connectivity index (χ1) is 4.85. The summed E-state index contributed by atoms with van der Waals surface area (Å²) >= 11 is 0. The minimum Gasteiger partial charge on any atom is -0.304 e. The first kappa shape index (κ1) is 17.2. The summed E-state index contributed by atoms with van der Waals surface area (Å²) in [6, 6.07) is 0. The van der Waals surface area contributed by atoms with Gasteiger partial charge in [-0.1, -0.05) is 42.0 Å². The Balaban J connectivity index is -0.000000196. The minimum absolute atomic E-state index is 0. The smallest absolute Gasteiger partial charge is 0.00216 e. The molecule has 0 aromatic heterocycles. The van der Waals surface area contributed by atoms with E-state index in [2.05, 4.69) is 25.7 Å². The largest absolute Gasteiger partial charge is 0.304 e. The van der Waals surface area contributed by atoms with Gasteiger partial charge in [0.25, 0.3) is 0 Å². The van der Waals surface area contributed by atoms with Crippen LogP contribution in [0.5, 0.6) is 0 Å². The van der Waals surface area contributed by atoms with Gasteiger partial charge in [-0.15, -0.1) is 0 Å². The van der Waals surface area contributed by atoms with Crippen molar-refractivity contribution in [2.75, 3.05) is 19.6 Å². The standard InChI is InChI=1S/C7H17N.C2H6.CH4/c1-4-7-8(5-2)6-3;1-2;/h4-7H2,1-3H3;1-2H3;1H4. The van der Waals surface area contributed by atoms with Gasteiger partial charge in [-0.2, -0.15) is 0 Å². The van der Waals surface area contributed by atoms with Crippen LogP contribution in [0, 0.1) is 0 Å². The van der Waals surface area contributed by atoms with Crippen molar-refractivity contribution in [1.29, 1.82) is 0 Å². The average Bonchev–Trinajstić information content (AvgIpc) is 2.04. The van der Waals surface area contributed by atoms with Crippen molar-refractivity contribution in [2.45, 2.75) is 48.5 Å². The molecule has 0 saturated carbocycles. The van der Waals surface area contributed by atoms with E-state index < -0.39 is 0 Å². The Labute approximate surface area is 73.8 Å². The molecule has 1 heteroatoms. The fourth-order valence-electron chi connectivity index (χ4n) is 0.856. The molecule has 0 saturated heterocycles. The van der Waals surface area contributed by atoms with E-state index in [-0.39, 0.29) is 7.43 Å². The summed E-state index contributed by atoms with van der Waals surface area (Å²) in [7, 11) is 0. The van der Waals surface area contributed by atoms with E-state index in [1.54, 1.807) is 0 Å². The van der Waals surface area contributed by atoms with Crippen molar-refractivity contribution < 1.29 is 0 Å². The fraction of sp³-hybridized carbons (Fsp3) is 1.00. The molecule has 1 nitrogen and oxygen atoms in total. The Morgan fingerprint density at radius 2 is 1.27 bits per heavy atom. The molecule has 0 fully saturated rings. The molecule has 0 unspecified atom stereocenters. The highest BCUT2D eigenvalue weighted by Gasteiger charge is 1.92. The third-order valence-electron chi connectivity index (χ3n) is 1.43. The molecule has 0 spiro atoms. The van der Waals surface area contributed by atoms with Crippen LogP contribution in [-0.2, 0) is 0 Å². The average molecular weight is 161 g/mol. The van der Waals surface area contributed by atoms with Crippen LogP contribution in [0.3, 0.4) is 0 Å². The van der Waals surface area contributed by atoms with Gasteiger partial charge in [0.15, 0.2) is 0 Å². The zero-order chi connectivity index (χ0) is 8.41. The molecule has 0 amide bonds. The molecule has 72 valence electrons. The van der Waals surface area contributed by atoms with Crippen LogP contribution >= 0.6 is 0 Å². The van der Waals surface area contributed by atoms with Gasteiger partial charge in [-0.3, -0.25) is 0 Å². The van der Waals surface area contributed by atoms with Crippen LogP contribution in [-0.4, -0.2) is 24.5 Å². The maximum atomic E-state index is 2.43. The van der Waals surface area contributed by atoms with Gasteiger partial charge in [0, 0.05) is 0 Å². The number of rotatable bonds is 4. The molecular weight excluding hydrogens is 134 g/mol. The molecule has 0 aliphatic heterocycles. The molecule has 0 heterocycles. The van der Waals surface area contributed by atoms with Crippen molar-refractivity contribution in [3.63, 3.8) is 0 Å². The fourth-order valence-corrected chi connectivity index (χ4v) is 0.856. The zero-order valence-electron chi connectivity index (χ0n) is 8.28. The maximum Gasteiger partial charge on any atom is -0.00216 e. The van der Waals surface area contributed by atoms with E-state index in [0.717, 1.165) is 0 Å². The Kier molecular flexibility index (Phi) is 25.7. The normalized spacial score (nSPS) is 8.18. The number of hydrogen-bond donors (Lipinski definition) is 0. The summed E-state index contributed by atoms with van der Waals surface area (Å²) < 4.78 is 0. The van der Waals surface area contributed by atoms with Gasteiger partial charge < -0.3 is 4.90 Å². The third-order valence-corrected chi connectivity index (χ3v) is 1.43. The van der Waals surface area contributed by atoms with Gasteiger partial charge in [0.1, 0.15) is 0 Å². The van der Waals surface area contributed by atoms with E-state index >= 15 is 0 Å². The van der Waals surface area contributed by atoms with Crippen LogP contribution in [0.1, 0.15) is 48.5 Å². The first-order valence-corrected chi connectivity index (χ1v) is 4.57. The number of hydrogen-bond acceptors (Lipinski definition) is 1. The maximum absolute atomic E-state index is 2.43. The quantitative estimate of drug-likeness (QED) is 0.611. The predicted octanol–water partition coefficient (Wildman–Crippen LogP) is 3.40. The molecule has 0 aliphatic rings. The summed E-state index contributed by atoms with van der Waals surface area (Å²) in [5, 5.41) is 0. The summed E-state index contributed by atoms with van der Waals surface area (Å²) in [6.07, 6.45) is 1.28. The van der Waals surface area contributed by atoms with Crippen molar-refractivity contribution in [3.05, 3.63) is 0 Å². The molecule has 0 aromatic carbocycles. The lowest BCUT2D eigenvalue weighted by molar-refractivity contribution is 0.304. The van der Waals surface area contributed by atoms with E-state index in [0.29, 0.717) is 0 Å². The molecule has 11 heavy (non-hydrogen) atoms. The molecule has 0 atom stereocenters. The topological polar surface area (TPSA) is 3.24 Å². The van der Waals surface area contributed by atoms with Gasteiger partial charge in [-0.25, -0.2) is 0 Å². The Hall–Kier alpha value is -0.0400. The predicted molar refractivity (Wildman–Crippen MR) is 56.2 cm³/mol. The summed E-state index contributed by atoms with van der Waals surface area (Å²) in [5.74, 6) is 0. The molecule has 0 N–H and O–H groups in total. The van der Waals surface area contributed by atoms with Crippen molar-refractivity contribution in [3.8, 4) is 0 Å². The molecule has 0 rings (SSSR count). The SMILES string of the molecule is C.CC.CCCN(CC)CC. The summed E-state index contributed by atoms with van der Waals surface area (Å²) in [6.45, 7) is 14.3. The monoisotopic (exact) mass is 161 g/mol. The minimum atomic E-state index is 0. The lowest BCUT2D eigenvalue weighted by Gasteiger charge is -2.15. The van der Waals surface area contributed by atoms with Gasteiger partial charge in [0.05, 0.1) is 0 Å². The highest BCUT2D eigenvalue weighted by Crippen LogP contribution is 1.87. The van der Waals surface area contributed by atoms with E-state index in [1.165, 1.54) is 26.1 Å². The second-order valence-corrected chi connectivity index (χ2v) is 2.03. The Morgan fingerprint density at radius 3 is 1.36 bits per heavy atom. The first-order valence-electron chi connectivity index (χ1n) is 4.57. The van der Waals surface area contributed by atoms with E-state index in [4.69, 9.17) is 0 Å². The van der Waals surface area contributed by atoms with Crippen molar-refractivity contribution in [1.82, 2.24) is 4.90 Å². The van der Waals surface area contributed by atoms with Crippen LogP contribution in [0.25, 0.3) is 0 Å². The second-order valence-electron chi connectivity index (χ2n) is 2.03. The highest BCUT2D eigenvalue weighted by atomic mass is 15.1. The van der Waals surface area contributed by atoms with Crippen molar-refractivity contribution >= 4 is 0 Å². The van der Waals surface area contributed by atoms with E-state index in [9.17, 15) is 0 Å². The molecule has 0 aromatic rings. The molecule has 0 radical (unpaired) electrons. The van der Waals surface area contributed by atoms with Crippen LogP contribution in [0.2, 0.25) is 0 Å². The summed E-state index contributed by atoms with van der Waals surface area (Å²) in [4.78, 5) is 2.43. The Morgan fingerprint density at radius 1 is 0.909 bits per heavy atom. The summed E-state index contributed by atoms with van der Waals surface area (Å²) in [5.41, 5.74) is 0. The van der Waals surface area contributed by atoms with Gasteiger partial charge in [0.2, 0.25) is 0 Å².